The highest BCUT2D eigenvalue weighted by Crippen LogP contribution is 2.49. The lowest BCUT2D eigenvalue weighted by Crippen LogP contribution is -2.58. The second kappa shape index (κ2) is 6.97. The van der Waals surface area contributed by atoms with Crippen LogP contribution in [0.1, 0.15) is 56.3 Å². The average molecular weight is 357 g/mol. The molecule has 2 aliphatic heterocycles. The van der Waals surface area contributed by atoms with E-state index in [9.17, 15) is 4.79 Å². The maximum absolute atomic E-state index is 13.1. The molecule has 4 heteroatoms. The largest absolute Gasteiger partial charge is 0.365 e. The Morgan fingerprint density at radius 3 is 2.38 bits per heavy atom. The second-order valence-electron chi connectivity index (χ2n) is 9.04. The fourth-order valence-electron chi connectivity index (χ4n) is 4.76. The van der Waals surface area contributed by atoms with Crippen molar-refractivity contribution in [3.05, 3.63) is 35.9 Å². The number of amides is 1. The van der Waals surface area contributed by atoms with Gasteiger partial charge in [0.05, 0.1) is 24.3 Å². The van der Waals surface area contributed by atoms with Gasteiger partial charge in [-0.25, -0.2) is 0 Å². The summed E-state index contributed by atoms with van der Waals surface area (Å²) in [6.07, 6.45) is 5.48. The Morgan fingerprint density at radius 2 is 1.73 bits per heavy atom. The van der Waals surface area contributed by atoms with Crippen LogP contribution in [0.2, 0.25) is 0 Å². The van der Waals surface area contributed by atoms with E-state index in [0.717, 1.165) is 70.4 Å². The van der Waals surface area contributed by atoms with E-state index in [1.165, 1.54) is 0 Å². The number of nitrogens with zero attached hydrogens (tertiary/aromatic N) is 2. The molecule has 3 aliphatic rings. The Hall–Kier alpha value is -1.39. The summed E-state index contributed by atoms with van der Waals surface area (Å²) < 4.78 is 6.74. The van der Waals surface area contributed by atoms with Gasteiger partial charge in [-0.2, -0.15) is 0 Å². The van der Waals surface area contributed by atoms with Gasteiger partial charge in [0, 0.05) is 18.7 Å². The first-order chi connectivity index (χ1) is 12.5. The van der Waals surface area contributed by atoms with Crippen molar-refractivity contribution in [1.82, 2.24) is 9.80 Å². The van der Waals surface area contributed by atoms with Crippen molar-refractivity contribution in [2.45, 2.75) is 57.2 Å². The molecule has 2 spiro atoms. The van der Waals surface area contributed by atoms with E-state index in [2.05, 4.69) is 23.6 Å². The van der Waals surface area contributed by atoms with Gasteiger partial charge in [0.25, 0.3) is 5.91 Å². The quantitative estimate of drug-likeness (QED) is 0.830. The van der Waals surface area contributed by atoms with E-state index in [0.29, 0.717) is 5.92 Å². The minimum atomic E-state index is -0.148. The van der Waals surface area contributed by atoms with Gasteiger partial charge in [0.1, 0.15) is 0 Å². The molecule has 1 aromatic rings. The van der Waals surface area contributed by atoms with E-state index in [-0.39, 0.29) is 17.1 Å². The number of rotatable bonds is 3. The van der Waals surface area contributed by atoms with Crippen molar-refractivity contribution in [2.75, 3.05) is 32.7 Å². The topological polar surface area (TPSA) is 32.8 Å². The van der Waals surface area contributed by atoms with E-state index in [4.69, 9.17) is 4.74 Å². The molecule has 1 aromatic carbocycles. The highest BCUT2D eigenvalue weighted by molar-refractivity contribution is 5.94. The first kappa shape index (κ1) is 18.0. The summed E-state index contributed by atoms with van der Waals surface area (Å²) in [6.45, 7) is 9.49. The highest BCUT2D eigenvalue weighted by atomic mass is 16.5. The van der Waals surface area contributed by atoms with Gasteiger partial charge in [-0.15, -0.1) is 0 Å². The van der Waals surface area contributed by atoms with E-state index < -0.39 is 0 Å². The summed E-state index contributed by atoms with van der Waals surface area (Å²) in [5.74, 6) is 0.866. The zero-order valence-electron chi connectivity index (χ0n) is 16.2. The van der Waals surface area contributed by atoms with Crippen LogP contribution in [0, 0.1) is 5.92 Å². The molecule has 4 nitrogen and oxygen atoms in total. The Kier molecular flexibility index (Phi) is 4.83. The lowest BCUT2D eigenvalue weighted by atomic mass is 9.90. The average Bonchev–Trinajstić information content (AvgIpc) is 3.39. The molecule has 142 valence electrons. The molecular formula is C22H32N2O2. The SMILES string of the molecule is CC(C)CN1CCCC2(CC1)CN(C(=O)c1ccccc1)CC1(CC1)O2. The standard InChI is InChI=1S/C22H32N2O2/c1-18(2)15-23-13-6-9-21(12-14-23)16-24(17-22(26-21)10-11-22)20(25)19-7-4-3-5-8-19/h3-5,7-8,18H,6,9-17H2,1-2H3. The lowest BCUT2D eigenvalue weighted by Gasteiger charge is -2.47. The van der Waals surface area contributed by atoms with Crippen molar-refractivity contribution < 1.29 is 9.53 Å². The van der Waals surface area contributed by atoms with Gasteiger partial charge in [-0.05, 0) is 56.7 Å². The fraction of sp³-hybridized carbons (Fsp3) is 0.682. The third kappa shape index (κ3) is 3.81. The van der Waals surface area contributed by atoms with Gasteiger partial charge >= 0.3 is 0 Å². The molecule has 2 saturated heterocycles. The van der Waals surface area contributed by atoms with Crippen molar-refractivity contribution in [1.29, 1.82) is 0 Å². The zero-order valence-corrected chi connectivity index (χ0v) is 16.2. The van der Waals surface area contributed by atoms with Crippen LogP contribution < -0.4 is 0 Å². The molecule has 1 unspecified atom stereocenters. The Labute approximate surface area is 157 Å². The summed E-state index contributed by atoms with van der Waals surface area (Å²) in [6, 6.07) is 9.73. The molecule has 26 heavy (non-hydrogen) atoms. The minimum Gasteiger partial charge on any atom is -0.365 e. The van der Waals surface area contributed by atoms with Gasteiger partial charge in [0.15, 0.2) is 0 Å². The molecule has 0 radical (unpaired) electrons. The van der Waals surface area contributed by atoms with Gasteiger partial charge < -0.3 is 14.5 Å². The second-order valence-corrected chi connectivity index (χ2v) is 9.04. The number of carbonyl (C=O) groups is 1. The Balaban J connectivity index is 1.51. The van der Waals surface area contributed by atoms with Crippen LogP contribution in [-0.2, 0) is 4.74 Å². The van der Waals surface area contributed by atoms with E-state index >= 15 is 0 Å². The number of carbonyl (C=O) groups excluding carboxylic acids is 1. The number of morpholine rings is 1. The normalized spacial score (nSPS) is 28.5. The molecule has 0 N–H and O–H groups in total. The maximum atomic E-state index is 13.1. The van der Waals surface area contributed by atoms with Crippen molar-refractivity contribution in [3.63, 3.8) is 0 Å². The lowest BCUT2D eigenvalue weighted by molar-refractivity contribution is -0.165. The Bertz CT molecular complexity index is 641. The molecule has 4 rings (SSSR count). The number of ether oxygens (including phenoxy) is 1. The van der Waals surface area contributed by atoms with Gasteiger partial charge in [-0.1, -0.05) is 32.0 Å². The van der Waals surface area contributed by atoms with E-state index in [1.54, 1.807) is 0 Å². The van der Waals surface area contributed by atoms with Crippen LogP contribution in [0.3, 0.4) is 0 Å². The van der Waals surface area contributed by atoms with Crippen molar-refractivity contribution in [3.8, 4) is 0 Å². The summed E-state index contributed by atoms with van der Waals surface area (Å²) in [7, 11) is 0. The molecule has 2 heterocycles. The van der Waals surface area contributed by atoms with Gasteiger partial charge in [0.2, 0.25) is 0 Å². The maximum Gasteiger partial charge on any atom is 0.254 e. The first-order valence-corrected chi connectivity index (χ1v) is 10.3. The molecule has 1 saturated carbocycles. The predicted molar refractivity (Wildman–Crippen MR) is 103 cm³/mol. The highest BCUT2D eigenvalue weighted by Gasteiger charge is 2.56. The van der Waals surface area contributed by atoms with Gasteiger partial charge in [-0.3, -0.25) is 4.79 Å². The predicted octanol–water partition coefficient (Wildman–Crippen LogP) is 3.57. The number of likely N-dealkylation sites (tertiary alicyclic amines) is 1. The first-order valence-electron chi connectivity index (χ1n) is 10.3. The molecule has 1 amide bonds. The minimum absolute atomic E-state index is 0.0596. The molecule has 0 bridgehead atoms. The number of hydrogen-bond acceptors (Lipinski definition) is 3. The van der Waals surface area contributed by atoms with Crippen molar-refractivity contribution >= 4 is 5.91 Å². The fourth-order valence-corrected chi connectivity index (χ4v) is 4.76. The molecule has 1 aliphatic carbocycles. The van der Waals surface area contributed by atoms with Crippen molar-refractivity contribution in [2.24, 2.45) is 5.92 Å². The van der Waals surface area contributed by atoms with Crippen LogP contribution in [0.15, 0.2) is 30.3 Å². The van der Waals surface area contributed by atoms with E-state index in [1.807, 2.05) is 30.3 Å². The third-order valence-corrected chi connectivity index (χ3v) is 6.12. The van der Waals surface area contributed by atoms with Crippen LogP contribution in [0.4, 0.5) is 0 Å². The monoisotopic (exact) mass is 356 g/mol. The van der Waals surface area contributed by atoms with Crippen LogP contribution in [0.5, 0.6) is 0 Å². The number of benzene rings is 1. The summed E-state index contributed by atoms with van der Waals surface area (Å²) in [5, 5.41) is 0. The molecular weight excluding hydrogens is 324 g/mol. The molecule has 1 atom stereocenters. The Morgan fingerprint density at radius 1 is 1.04 bits per heavy atom. The summed E-state index contributed by atoms with van der Waals surface area (Å²) in [4.78, 5) is 17.8. The molecule has 3 fully saturated rings. The molecule has 0 aromatic heterocycles. The number of hydrogen-bond donors (Lipinski definition) is 0. The third-order valence-electron chi connectivity index (χ3n) is 6.12. The summed E-state index contributed by atoms with van der Waals surface area (Å²) in [5.41, 5.74) is 0.594. The van der Waals surface area contributed by atoms with Crippen LogP contribution in [-0.4, -0.2) is 59.6 Å². The zero-order chi connectivity index (χ0) is 18.2. The van der Waals surface area contributed by atoms with Crippen LogP contribution >= 0.6 is 0 Å². The summed E-state index contributed by atoms with van der Waals surface area (Å²) >= 11 is 0. The smallest absolute Gasteiger partial charge is 0.254 e. The van der Waals surface area contributed by atoms with Crippen LogP contribution in [0.25, 0.3) is 0 Å².